The molecule has 0 saturated heterocycles. The highest BCUT2D eigenvalue weighted by molar-refractivity contribution is 7.09. The molecule has 4 heterocycles. The highest BCUT2D eigenvalue weighted by Gasteiger charge is 2.11. The number of nitrogens with one attached hydrogen (secondary N) is 2. The molecule has 26 heavy (non-hydrogen) atoms. The molecule has 7 nitrogen and oxygen atoms in total. The number of hydrogen-bond donors (Lipinski definition) is 2. The minimum Gasteiger partial charge on any atom is -0.306 e. The third kappa shape index (κ3) is 3.46. The van der Waals surface area contributed by atoms with Gasteiger partial charge in [0.25, 0.3) is 5.56 Å². The van der Waals surface area contributed by atoms with E-state index >= 15 is 0 Å². The van der Waals surface area contributed by atoms with Crippen LogP contribution < -0.4 is 10.9 Å². The number of aromatic nitrogens is 5. The Hall–Kier alpha value is -3.10. The van der Waals surface area contributed by atoms with Crippen LogP contribution in [0.4, 0.5) is 0 Å². The smallest absolute Gasteiger partial charge is 0.280 e. The largest absolute Gasteiger partial charge is 0.306 e. The zero-order valence-corrected chi connectivity index (χ0v) is 14.6. The quantitative estimate of drug-likeness (QED) is 0.548. The van der Waals surface area contributed by atoms with Gasteiger partial charge in [-0.05, 0) is 23.8 Å². The molecular formula is C18H16N6OS. The van der Waals surface area contributed by atoms with Crippen LogP contribution in [0.25, 0.3) is 16.9 Å². The van der Waals surface area contributed by atoms with Crippen molar-refractivity contribution in [1.29, 1.82) is 0 Å². The molecule has 0 radical (unpaired) electrons. The van der Waals surface area contributed by atoms with Crippen molar-refractivity contribution in [2.45, 2.75) is 13.1 Å². The number of nitrogens with zero attached hydrogens (tertiary/aromatic N) is 4. The van der Waals surface area contributed by atoms with Gasteiger partial charge in [-0.2, -0.15) is 0 Å². The summed E-state index contributed by atoms with van der Waals surface area (Å²) in [6.07, 6.45) is 8.52. The van der Waals surface area contributed by atoms with Gasteiger partial charge < -0.3 is 5.32 Å². The monoisotopic (exact) mass is 364 g/mol. The minimum atomic E-state index is -0.154. The van der Waals surface area contributed by atoms with Gasteiger partial charge in [0, 0.05) is 55.0 Å². The molecule has 2 N–H and O–H groups in total. The number of pyridine rings is 2. The Labute approximate surface area is 153 Å². The Morgan fingerprint density at radius 3 is 2.92 bits per heavy atom. The number of rotatable bonds is 6. The average molecular weight is 364 g/mol. The van der Waals surface area contributed by atoms with E-state index in [0.717, 1.165) is 16.1 Å². The summed E-state index contributed by atoms with van der Waals surface area (Å²) in [5, 5.41) is 9.32. The van der Waals surface area contributed by atoms with Gasteiger partial charge in [-0.3, -0.25) is 14.9 Å². The summed E-state index contributed by atoms with van der Waals surface area (Å²) in [6, 6.07) is 7.47. The first-order valence-electron chi connectivity index (χ1n) is 8.06. The van der Waals surface area contributed by atoms with Crippen LogP contribution in [0.2, 0.25) is 0 Å². The minimum absolute atomic E-state index is 0.154. The molecule has 0 unspecified atom stereocenters. The van der Waals surface area contributed by atoms with Gasteiger partial charge in [-0.25, -0.2) is 14.6 Å². The second-order valence-corrected chi connectivity index (χ2v) is 6.60. The van der Waals surface area contributed by atoms with Gasteiger partial charge in [0.1, 0.15) is 5.01 Å². The van der Waals surface area contributed by atoms with Crippen molar-refractivity contribution in [2.24, 2.45) is 0 Å². The number of thiazole rings is 1. The number of hydrogen-bond acceptors (Lipinski definition) is 6. The lowest BCUT2D eigenvalue weighted by atomic mass is 10.2. The Balaban J connectivity index is 1.53. The fourth-order valence-corrected chi connectivity index (χ4v) is 3.20. The highest BCUT2D eigenvalue weighted by atomic mass is 32.1. The van der Waals surface area contributed by atoms with E-state index in [1.165, 1.54) is 4.68 Å². The van der Waals surface area contributed by atoms with Crippen molar-refractivity contribution >= 4 is 11.3 Å². The maximum absolute atomic E-state index is 12.7. The molecule has 130 valence electrons. The zero-order valence-electron chi connectivity index (χ0n) is 13.8. The van der Waals surface area contributed by atoms with Crippen molar-refractivity contribution in [3.05, 3.63) is 81.6 Å². The Morgan fingerprint density at radius 2 is 2.12 bits per heavy atom. The molecule has 0 amide bonds. The summed E-state index contributed by atoms with van der Waals surface area (Å²) in [7, 11) is 0. The summed E-state index contributed by atoms with van der Waals surface area (Å²) in [6.45, 7) is 1.38. The standard InChI is InChI=1S/C18H16N6OS/c25-18-15(14-2-1-4-19-10-14)11-23-24(18)16-8-13(3-5-21-16)9-20-12-17-22-6-7-26-17/h1-8,10-11,20,23H,9,12H2. The Morgan fingerprint density at radius 1 is 1.15 bits per heavy atom. The van der Waals surface area contributed by atoms with Crippen LogP contribution in [0.1, 0.15) is 10.6 Å². The van der Waals surface area contributed by atoms with Crippen molar-refractivity contribution in [3.8, 4) is 16.9 Å². The summed E-state index contributed by atoms with van der Waals surface area (Å²) < 4.78 is 1.44. The summed E-state index contributed by atoms with van der Waals surface area (Å²) >= 11 is 1.62. The average Bonchev–Trinajstić information content (AvgIpc) is 3.32. The van der Waals surface area contributed by atoms with E-state index in [-0.39, 0.29) is 5.56 Å². The van der Waals surface area contributed by atoms with Gasteiger partial charge in [0.15, 0.2) is 5.82 Å². The van der Waals surface area contributed by atoms with Crippen LogP contribution in [0.5, 0.6) is 0 Å². The molecule has 0 aliphatic carbocycles. The van der Waals surface area contributed by atoms with Gasteiger partial charge in [-0.1, -0.05) is 6.07 Å². The molecule has 0 atom stereocenters. The number of H-pyrrole nitrogens is 1. The van der Waals surface area contributed by atoms with Crippen molar-refractivity contribution < 1.29 is 0 Å². The van der Waals surface area contributed by atoms with E-state index in [1.807, 2.05) is 23.6 Å². The number of aromatic amines is 1. The van der Waals surface area contributed by atoms with Gasteiger partial charge in [-0.15, -0.1) is 11.3 Å². The second kappa shape index (κ2) is 7.42. The van der Waals surface area contributed by atoms with Crippen molar-refractivity contribution in [3.63, 3.8) is 0 Å². The molecule has 0 spiro atoms. The molecule has 0 bridgehead atoms. The first-order valence-corrected chi connectivity index (χ1v) is 8.94. The lowest BCUT2D eigenvalue weighted by Crippen LogP contribution is -2.18. The summed E-state index contributed by atoms with van der Waals surface area (Å²) in [4.78, 5) is 25.3. The van der Waals surface area contributed by atoms with Crippen LogP contribution >= 0.6 is 11.3 Å². The third-order valence-electron chi connectivity index (χ3n) is 3.87. The predicted octanol–water partition coefficient (Wildman–Crippen LogP) is 2.37. The maximum atomic E-state index is 12.7. The predicted molar refractivity (Wildman–Crippen MR) is 100 cm³/mol. The maximum Gasteiger partial charge on any atom is 0.280 e. The highest BCUT2D eigenvalue weighted by Crippen LogP contribution is 2.14. The Bertz CT molecular complexity index is 1040. The van der Waals surface area contributed by atoms with Gasteiger partial charge in [0.2, 0.25) is 0 Å². The Kier molecular flexibility index (Phi) is 4.67. The first-order chi connectivity index (χ1) is 12.8. The molecule has 0 aromatic carbocycles. The van der Waals surface area contributed by atoms with E-state index in [1.54, 1.807) is 48.4 Å². The molecule has 4 aromatic heterocycles. The van der Waals surface area contributed by atoms with E-state index in [2.05, 4.69) is 25.4 Å². The molecule has 0 aliphatic rings. The van der Waals surface area contributed by atoms with E-state index in [0.29, 0.717) is 24.5 Å². The molecular weight excluding hydrogens is 348 g/mol. The van der Waals surface area contributed by atoms with E-state index < -0.39 is 0 Å². The van der Waals surface area contributed by atoms with Crippen LogP contribution in [0.15, 0.2) is 65.4 Å². The van der Waals surface area contributed by atoms with Crippen LogP contribution in [-0.2, 0) is 13.1 Å². The molecule has 4 rings (SSSR count). The lowest BCUT2D eigenvalue weighted by molar-refractivity contribution is 0.687. The summed E-state index contributed by atoms with van der Waals surface area (Å²) in [5.41, 5.74) is 2.22. The SMILES string of the molecule is O=c1c(-c2cccnc2)c[nH]n1-c1cc(CNCc2nccs2)ccn1. The first kappa shape index (κ1) is 16.4. The zero-order chi connectivity index (χ0) is 17.8. The van der Waals surface area contributed by atoms with Gasteiger partial charge in [0.05, 0.1) is 5.56 Å². The van der Waals surface area contributed by atoms with Crippen LogP contribution in [0.3, 0.4) is 0 Å². The normalized spacial score (nSPS) is 10.9. The van der Waals surface area contributed by atoms with E-state index in [4.69, 9.17) is 0 Å². The van der Waals surface area contributed by atoms with Crippen molar-refractivity contribution in [1.82, 2.24) is 30.0 Å². The fourth-order valence-electron chi connectivity index (χ4n) is 2.62. The second-order valence-electron chi connectivity index (χ2n) is 5.62. The van der Waals surface area contributed by atoms with Crippen LogP contribution in [-0.4, -0.2) is 24.7 Å². The molecule has 0 saturated carbocycles. The topological polar surface area (TPSA) is 88.5 Å². The lowest BCUT2D eigenvalue weighted by Gasteiger charge is -2.06. The molecule has 0 fully saturated rings. The van der Waals surface area contributed by atoms with Crippen LogP contribution in [0, 0.1) is 0 Å². The fraction of sp³-hybridized carbons (Fsp3) is 0.111. The third-order valence-corrected chi connectivity index (χ3v) is 4.65. The molecule has 8 heteroatoms. The molecule has 4 aromatic rings. The summed E-state index contributed by atoms with van der Waals surface area (Å²) in [5.74, 6) is 0.554. The van der Waals surface area contributed by atoms with Gasteiger partial charge >= 0.3 is 0 Å². The van der Waals surface area contributed by atoms with E-state index in [9.17, 15) is 4.79 Å². The van der Waals surface area contributed by atoms with Crippen molar-refractivity contribution in [2.75, 3.05) is 0 Å². The molecule has 0 aliphatic heterocycles.